The number of rotatable bonds is 8. The average Bonchev–Trinajstić information content (AvgIpc) is 3.18. The molecule has 0 aliphatic carbocycles. The number of morpholine rings is 2. The van der Waals surface area contributed by atoms with Gasteiger partial charge in [0.05, 0.1) is 32.1 Å². The summed E-state index contributed by atoms with van der Waals surface area (Å²) in [5.41, 5.74) is 4.29. The molecular weight excluding hydrogens is 448 g/mol. The van der Waals surface area contributed by atoms with Crippen LogP contribution in [-0.2, 0) is 16.0 Å². The normalized spacial score (nSPS) is 17.5. The monoisotopic (exact) mass is 480 g/mol. The van der Waals surface area contributed by atoms with Crippen LogP contribution in [0.2, 0.25) is 0 Å². The van der Waals surface area contributed by atoms with Gasteiger partial charge in [0.25, 0.3) is 0 Å². The van der Waals surface area contributed by atoms with E-state index in [0.717, 1.165) is 68.2 Å². The van der Waals surface area contributed by atoms with Crippen LogP contribution in [0.4, 0.5) is 11.6 Å². The number of anilines is 1. The zero-order valence-electron chi connectivity index (χ0n) is 20.4. The van der Waals surface area contributed by atoms with Crippen LogP contribution >= 0.6 is 0 Å². The summed E-state index contributed by atoms with van der Waals surface area (Å²) in [5.74, 6) is 1.12. The molecule has 3 aromatic rings. The molecule has 0 spiro atoms. The van der Waals surface area contributed by atoms with Crippen molar-refractivity contribution in [2.75, 3.05) is 70.7 Å². The number of H-pyrrole nitrogens is 1. The summed E-state index contributed by atoms with van der Waals surface area (Å²) in [5, 5.41) is 9.95. The van der Waals surface area contributed by atoms with Crippen molar-refractivity contribution >= 4 is 22.5 Å². The number of nitrogens with one attached hydrogen (secondary N) is 1. The number of aryl methyl sites for hydroxylation is 2. The van der Waals surface area contributed by atoms with Gasteiger partial charge in [0.1, 0.15) is 13.2 Å². The van der Waals surface area contributed by atoms with E-state index in [4.69, 9.17) is 14.2 Å². The first-order valence-corrected chi connectivity index (χ1v) is 12.1. The van der Waals surface area contributed by atoms with Crippen molar-refractivity contribution in [3.8, 4) is 6.01 Å². The molecule has 2 fully saturated rings. The highest BCUT2D eigenvalue weighted by Crippen LogP contribution is 2.26. The summed E-state index contributed by atoms with van der Waals surface area (Å²) in [6.45, 7) is 11.8. The lowest BCUT2D eigenvalue weighted by Crippen LogP contribution is -2.39. The number of hydrogen-bond donors (Lipinski definition) is 1. The van der Waals surface area contributed by atoms with Crippen LogP contribution in [0.3, 0.4) is 0 Å². The van der Waals surface area contributed by atoms with Crippen molar-refractivity contribution in [3.05, 3.63) is 35.3 Å². The first-order chi connectivity index (χ1) is 17.2. The molecule has 2 aromatic heterocycles. The number of benzene rings is 1. The van der Waals surface area contributed by atoms with Crippen LogP contribution in [-0.4, -0.2) is 90.6 Å². The molecule has 1 N–H and O–H groups in total. The maximum atomic E-state index is 5.93. The molecule has 2 aliphatic rings. The topological polar surface area (TPSA) is 113 Å². The first-order valence-electron chi connectivity index (χ1n) is 12.1. The highest BCUT2D eigenvalue weighted by molar-refractivity contribution is 5.86. The maximum Gasteiger partial charge on any atom is 0.321 e. The predicted octanol–water partition coefficient (Wildman–Crippen LogP) is 2.80. The minimum absolute atomic E-state index is 0.239. The number of ether oxygens (including phenoxy) is 3. The maximum absolute atomic E-state index is 5.93. The summed E-state index contributed by atoms with van der Waals surface area (Å²) in [7, 11) is 0. The van der Waals surface area contributed by atoms with Crippen LogP contribution in [0.25, 0.3) is 10.9 Å². The van der Waals surface area contributed by atoms with Gasteiger partial charge in [0.15, 0.2) is 5.82 Å². The van der Waals surface area contributed by atoms with Gasteiger partial charge in [-0.15, -0.1) is 0 Å². The van der Waals surface area contributed by atoms with E-state index in [2.05, 4.69) is 53.8 Å². The lowest BCUT2D eigenvalue weighted by atomic mass is 10.1. The zero-order chi connectivity index (χ0) is 24.0. The Bertz CT molecular complexity index is 1170. The van der Waals surface area contributed by atoms with E-state index in [1.807, 2.05) is 18.2 Å². The van der Waals surface area contributed by atoms with Crippen molar-refractivity contribution < 1.29 is 14.2 Å². The number of fused-ring (bicyclic) bond motifs is 1. The molecule has 11 nitrogen and oxygen atoms in total. The standard InChI is InChI=1S/C24H32N8O3/c1-17-18(2)26-21-4-3-19(15-20(17)21)30-25-16-22-27-23(32-8-12-34-13-9-32)29-24(28-22)35-14-7-31-5-10-33-11-6-31/h3-4,15,26H,5-14,16H2,1-2H3. The van der Waals surface area contributed by atoms with Gasteiger partial charge in [-0.1, -0.05) is 0 Å². The molecule has 1 aromatic carbocycles. The Labute approximate surface area is 204 Å². The van der Waals surface area contributed by atoms with Gasteiger partial charge in [-0.25, -0.2) is 0 Å². The highest BCUT2D eigenvalue weighted by Gasteiger charge is 2.18. The van der Waals surface area contributed by atoms with Crippen LogP contribution in [0.1, 0.15) is 17.1 Å². The zero-order valence-corrected chi connectivity index (χ0v) is 20.4. The molecule has 0 amide bonds. The SMILES string of the molecule is Cc1[nH]c2ccc(N=NCc3nc(OCCN4CCOCC4)nc(N4CCOCC4)n3)cc2c1C. The van der Waals surface area contributed by atoms with E-state index in [1.165, 1.54) is 5.56 Å². The van der Waals surface area contributed by atoms with Gasteiger partial charge < -0.3 is 24.1 Å². The molecule has 35 heavy (non-hydrogen) atoms. The average molecular weight is 481 g/mol. The number of aromatic amines is 1. The van der Waals surface area contributed by atoms with Crippen molar-refractivity contribution in [1.29, 1.82) is 0 Å². The molecule has 2 aliphatic heterocycles. The van der Waals surface area contributed by atoms with Gasteiger partial charge in [-0.3, -0.25) is 4.90 Å². The van der Waals surface area contributed by atoms with Crippen molar-refractivity contribution in [2.45, 2.75) is 20.4 Å². The summed E-state index contributed by atoms with van der Waals surface area (Å²) in [6.07, 6.45) is 0. The number of azo groups is 1. The second-order valence-electron chi connectivity index (χ2n) is 8.74. The third-order valence-electron chi connectivity index (χ3n) is 6.38. The molecule has 0 saturated carbocycles. The molecule has 0 bridgehead atoms. The van der Waals surface area contributed by atoms with Crippen molar-refractivity contribution in [1.82, 2.24) is 24.8 Å². The van der Waals surface area contributed by atoms with Gasteiger partial charge in [-0.2, -0.15) is 25.2 Å². The quantitative estimate of drug-likeness (QED) is 0.490. The summed E-state index contributed by atoms with van der Waals surface area (Å²) in [6, 6.07) is 6.35. The van der Waals surface area contributed by atoms with Crippen LogP contribution in [0.5, 0.6) is 6.01 Å². The summed E-state index contributed by atoms with van der Waals surface area (Å²) < 4.78 is 16.8. The van der Waals surface area contributed by atoms with Crippen LogP contribution < -0.4 is 9.64 Å². The van der Waals surface area contributed by atoms with E-state index in [0.29, 0.717) is 37.6 Å². The smallest absolute Gasteiger partial charge is 0.321 e. The predicted molar refractivity (Wildman–Crippen MR) is 132 cm³/mol. The highest BCUT2D eigenvalue weighted by atomic mass is 16.5. The minimum atomic E-state index is 0.239. The molecule has 2 saturated heterocycles. The van der Waals surface area contributed by atoms with Crippen LogP contribution in [0, 0.1) is 13.8 Å². The third-order valence-corrected chi connectivity index (χ3v) is 6.38. The number of aromatic nitrogens is 4. The Balaban J connectivity index is 1.28. The molecule has 4 heterocycles. The van der Waals surface area contributed by atoms with Gasteiger partial charge in [-0.05, 0) is 37.6 Å². The molecule has 186 valence electrons. The molecule has 5 rings (SSSR count). The third kappa shape index (κ3) is 5.92. The van der Waals surface area contributed by atoms with Gasteiger partial charge >= 0.3 is 6.01 Å². The Morgan fingerprint density at radius 1 is 1.00 bits per heavy atom. The molecule has 0 atom stereocenters. The van der Waals surface area contributed by atoms with E-state index in [-0.39, 0.29) is 6.54 Å². The summed E-state index contributed by atoms with van der Waals surface area (Å²) >= 11 is 0. The van der Waals surface area contributed by atoms with E-state index < -0.39 is 0 Å². The van der Waals surface area contributed by atoms with Gasteiger partial charge in [0, 0.05) is 49.3 Å². The molecule has 0 unspecified atom stereocenters. The molecular formula is C24H32N8O3. The fraction of sp³-hybridized carbons (Fsp3) is 0.542. The molecule has 11 heteroatoms. The minimum Gasteiger partial charge on any atom is -0.462 e. The Morgan fingerprint density at radius 3 is 2.57 bits per heavy atom. The lowest BCUT2D eigenvalue weighted by molar-refractivity contribution is 0.0317. The van der Waals surface area contributed by atoms with Crippen LogP contribution in [0.15, 0.2) is 28.4 Å². The fourth-order valence-corrected chi connectivity index (χ4v) is 4.21. The Hall–Kier alpha value is -3.15. The van der Waals surface area contributed by atoms with Crippen molar-refractivity contribution in [2.24, 2.45) is 10.2 Å². The second-order valence-corrected chi connectivity index (χ2v) is 8.74. The van der Waals surface area contributed by atoms with Crippen molar-refractivity contribution in [3.63, 3.8) is 0 Å². The van der Waals surface area contributed by atoms with E-state index in [9.17, 15) is 0 Å². The fourth-order valence-electron chi connectivity index (χ4n) is 4.21. The summed E-state index contributed by atoms with van der Waals surface area (Å²) in [4.78, 5) is 21.5. The first kappa shape index (κ1) is 23.6. The van der Waals surface area contributed by atoms with Gasteiger partial charge in [0.2, 0.25) is 5.95 Å². The van der Waals surface area contributed by atoms with E-state index >= 15 is 0 Å². The lowest BCUT2D eigenvalue weighted by Gasteiger charge is -2.27. The molecule has 0 radical (unpaired) electrons. The largest absolute Gasteiger partial charge is 0.462 e. The number of nitrogens with zero attached hydrogens (tertiary/aromatic N) is 7. The Kier molecular flexibility index (Phi) is 7.45. The van der Waals surface area contributed by atoms with E-state index in [1.54, 1.807) is 0 Å². The number of hydrogen-bond acceptors (Lipinski definition) is 10. The second kappa shape index (κ2) is 11.1. The Morgan fingerprint density at radius 2 is 1.77 bits per heavy atom.